The molecule has 0 atom stereocenters. The molecular weight excluding hydrogens is 358 g/mol. The minimum atomic E-state index is -1.32. The zero-order valence-electron chi connectivity index (χ0n) is 16.6. The smallest absolute Gasteiger partial charge is 0.334 e. The summed E-state index contributed by atoms with van der Waals surface area (Å²) >= 11 is 0. The molecule has 3 rings (SSSR count). The lowest BCUT2D eigenvalue weighted by Gasteiger charge is -2.48. The van der Waals surface area contributed by atoms with Crippen LogP contribution in [0, 0.1) is 5.41 Å². The van der Waals surface area contributed by atoms with Crippen LogP contribution in [0.5, 0.6) is 0 Å². The number of rotatable bonds is 7. The number of nitrogens with zero attached hydrogens (tertiary/aromatic N) is 3. The number of hydrogen-bond donors (Lipinski definition) is 0. The van der Waals surface area contributed by atoms with E-state index in [1.54, 1.807) is 12.2 Å². The van der Waals surface area contributed by atoms with Crippen molar-refractivity contribution in [1.29, 1.82) is 0 Å². The average Bonchev–Trinajstić information content (AvgIpc) is 2.72. The number of urea groups is 1. The minimum Gasteiger partial charge on any atom is -0.379 e. The van der Waals surface area contributed by atoms with Crippen LogP contribution in [0.2, 0.25) is 0 Å². The third-order valence-electron chi connectivity index (χ3n) is 6.09. The first-order valence-electron chi connectivity index (χ1n) is 10.3. The Morgan fingerprint density at radius 3 is 2.14 bits per heavy atom. The fraction of sp³-hybridized carbons (Fsp3) is 0.667. The standard InChI is InChI=1S/C21H31N3O4/c1-3-10-21(11-4-2)18(25)23(16-22-12-14-28-15-13-22)20(27)24(19(21)26)17-8-6-5-7-9-17/h3-4,17H,1-2,5-16H2. The second-order valence-corrected chi connectivity index (χ2v) is 7.92. The van der Waals surface area contributed by atoms with Crippen LogP contribution in [0.15, 0.2) is 25.3 Å². The lowest BCUT2D eigenvalue weighted by molar-refractivity contribution is -0.162. The van der Waals surface area contributed by atoms with Crippen LogP contribution in [-0.2, 0) is 14.3 Å². The van der Waals surface area contributed by atoms with Gasteiger partial charge in [0, 0.05) is 19.1 Å². The predicted molar refractivity (Wildman–Crippen MR) is 105 cm³/mol. The van der Waals surface area contributed by atoms with Crippen molar-refractivity contribution in [2.24, 2.45) is 5.41 Å². The van der Waals surface area contributed by atoms with Gasteiger partial charge in [0.25, 0.3) is 0 Å². The van der Waals surface area contributed by atoms with Gasteiger partial charge < -0.3 is 4.74 Å². The summed E-state index contributed by atoms with van der Waals surface area (Å²) in [4.78, 5) is 45.0. The number of allylic oxidation sites excluding steroid dienone is 2. The molecule has 7 heteroatoms. The Labute approximate surface area is 167 Å². The maximum atomic E-state index is 13.5. The summed E-state index contributed by atoms with van der Waals surface area (Å²) in [5.74, 6) is -0.812. The summed E-state index contributed by atoms with van der Waals surface area (Å²) in [6.45, 7) is 10.2. The Kier molecular flexibility index (Phi) is 6.67. The van der Waals surface area contributed by atoms with Gasteiger partial charge >= 0.3 is 6.03 Å². The second kappa shape index (κ2) is 9.01. The number of barbiturate groups is 1. The van der Waals surface area contributed by atoms with Gasteiger partial charge in [-0.25, -0.2) is 9.69 Å². The SMILES string of the molecule is C=CCC1(CC=C)C(=O)N(CN2CCOCC2)C(=O)N(C2CCCCC2)C1=O. The first-order valence-corrected chi connectivity index (χ1v) is 10.3. The highest BCUT2D eigenvalue weighted by Gasteiger charge is 2.57. The average molecular weight is 389 g/mol. The van der Waals surface area contributed by atoms with Crippen LogP contribution in [0.25, 0.3) is 0 Å². The van der Waals surface area contributed by atoms with Crippen molar-refractivity contribution in [1.82, 2.24) is 14.7 Å². The Morgan fingerprint density at radius 2 is 1.57 bits per heavy atom. The van der Waals surface area contributed by atoms with E-state index in [0.717, 1.165) is 32.1 Å². The van der Waals surface area contributed by atoms with Gasteiger partial charge in [0.05, 0.1) is 19.9 Å². The van der Waals surface area contributed by atoms with E-state index in [1.165, 1.54) is 9.80 Å². The molecule has 0 aromatic carbocycles. The first kappa shape index (κ1) is 20.7. The molecule has 3 fully saturated rings. The number of amides is 4. The maximum Gasteiger partial charge on any atom is 0.334 e. The van der Waals surface area contributed by atoms with E-state index >= 15 is 0 Å². The van der Waals surface area contributed by atoms with E-state index in [1.807, 2.05) is 4.90 Å². The highest BCUT2D eigenvalue weighted by molar-refractivity contribution is 6.19. The van der Waals surface area contributed by atoms with Crippen LogP contribution in [0.1, 0.15) is 44.9 Å². The highest BCUT2D eigenvalue weighted by atomic mass is 16.5. The van der Waals surface area contributed by atoms with Gasteiger partial charge in [-0.2, -0.15) is 0 Å². The molecule has 3 aliphatic rings. The molecule has 0 unspecified atom stereocenters. The van der Waals surface area contributed by atoms with Gasteiger partial charge in [-0.1, -0.05) is 31.4 Å². The number of carbonyl (C=O) groups excluding carboxylic acids is 3. The van der Waals surface area contributed by atoms with Crippen LogP contribution >= 0.6 is 0 Å². The summed E-state index contributed by atoms with van der Waals surface area (Å²) in [5.41, 5.74) is -1.32. The number of morpholine rings is 1. The molecule has 0 bridgehead atoms. The Bertz CT molecular complexity index is 626. The Balaban J connectivity index is 1.96. The van der Waals surface area contributed by atoms with Crippen molar-refractivity contribution in [2.75, 3.05) is 33.0 Å². The van der Waals surface area contributed by atoms with Crippen LogP contribution in [-0.4, -0.2) is 71.6 Å². The van der Waals surface area contributed by atoms with Crippen molar-refractivity contribution < 1.29 is 19.1 Å². The summed E-state index contributed by atoms with van der Waals surface area (Å²) < 4.78 is 5.37. The van der Waals surface area contributed by atoms with Gasteiger partial charge in [-0.05, 0) is 25.7 Å². The molecule has 7 nitrogen and oxygen atoms in total. The van der Waals surface area contributed by atoms with Crippen LogP contribution in [0.3, 0.4) is 0 Å². The molecule has 28 heavy (non-hydrogen) atoms. The second-order valence-electron chi connectivity index (χ2n) is 7.92. The molecule has 2 aliphatic heterocycles. The van der Waals surface area contributed by atoms with Gasteiger partial charge in [0.1, 0.15) is 5.41 Å². The zero-order chi connectivity index (χ0) is 20.1. The molecule has 4 amide bonds. The van der Waals surface area contributed by atoms with Gasteiger partial charge in [-0.3, -0.25) is 19.4 Å². The third-order valence-corrected chi connectivity index (χ3v) is 6.09. The van der Waals surface area contributed by atoms with Crippen LogP contribution < -0.4 is 0 Å². The van der Waals surface area contributed by atoms with E-state index in [4.69, 9.17) is 4.74 Å². The van der Waals surface area contributed by atoms with Crippen molar-refractivity contribution in [3.63, 3.8) is 0 Å². The third kappa shape index (κ3) is 3.78. The van der Waals surface area contributed by atoms with Gasteiger partial charge in [0.2, 0.25) is 11.8 Å². The molecule has 154 valence electrons. The van der Waals surface area contributed by atoms with Crippen molar-refractivity contribution in [3.8, 4) is 0 Å². The first-order chi connectivity index (χ1) is 13.5. The summed E-state index contributed by atoms with van der Waals surface area (Å²) in [6.07, 6.45) is 8.31. The molecular formula is C21H31N3O4. The van der Waals surface area contributed by atoms with Crippen LogP contribution in [0.4, 0.5) is 4.79 Å². The van der Waals surface area contributed by atoms with E-state index in [-0.39, 0.29) is 31.5 Å². The van der Waals surface area contributed by atoms with Crippen molar-refractivity contribution in [3.05, 3.63) is 25.3 Å². The Hall–Kier alpha value is -1.99. The van der Waals surface area contributed by atoms with E-state index in [0.29, 0.717) is 26.3 Å². The number of imide groups is 2. The molecule has 0 N–H and O–H groups in total. The monoisotopic (exact) mass is 389 g/mol. The lowest BCUT2D eigenvalue weighted by Crippen LogP contribution is -2.68. The number of carbonyl (C=O) groups is 3. The molecule has 1 saturated carbocycles. The van der Waals surface area contributed by atoms with E-state index < -0.39 is 17.4 Å². The van der Waals surface area contributed by atoms with Gasteiger partial charge in [-0.15, -0.1) is 13.2 Å². The summed E-state index contributed by atoms with van der Waals surface area (Å²) in [7, 11) is 0. The van der Waals surface area contributed by atoms with Crippen molar-refractivity contribution in [2.45, 2.75) is 51.0 Å². The topological polar surface area (TPSA) is 70.2 Å². The highest BCUT2D eigenvalue weighted by Crippen LogP contribution is 2.40. The fourth-order valence-electron chi connectivity index (χ4n) is 4.54. The molecule has 2 heterocycles. The van der Waals surface area contributed by atoms with E-state index in [2.05, 4.69) is 13.2 Å². The van der Waals surface area contributed by atoms with Gasteiger partial charge in [0.15, 0.2) is 0 Å². The summed E-state index contributed by atoms with van der Waals surface area (Å²) in [5, 5.41) is 0. The predicted octanol–water partition coefficient (Wildman–Crippen LogP) is 2.54. The zero-order valence-corrected chi connectivity index (χ0v) is 16.6. The molecule has 2 saturated heterocycles. The molecule has 0 radical (unpaired) electrons. The fourth-order valence-corrected chi connectivity index (χ4v) is 4.54. The maximum absolute atomic E-state index is 13.5. The Morgan fingerprint density at radius 1 is 0.964 bits per heavy atom. The normalized spacial score (nSPS) is 24.5. The van der Waals surface area contributed by atoms with E-state index in [9.17, 15) is 14.4 Å². The van der Waals surface area contributed by atoms with Crippen molar-refractivity contribution >= 4 is 17.8 Å². The molecule has 0 spiro atoms. The number of hydrogen-bond acceptors (Lipinski definition) is 5. The number of ether oxygens (including phenoxy) is 1. The lowest BCUT2D eigenvalue weighted by atomic mass is 9.76. The molecule has 0 aromatic heterocycles. The largest absolute Gasteiger partial charge is 0.379 e. The molecule has 1 aliphatic carbocycles. The molecule has 0 aromatic rings. The summed E-state index contributed by atoms with van der Waals surface area (Å²) in [6, 6.07) is -0.611. The quantitative estimate of drug-likeness (QED) is 0.494. The minimum absolute atomic E-state index is 0.136.